The number of aromatic nitrogens is 3. The van der Waals surface area contributed by atoms with E-state index in [9.17, 15) is 0 Å². The van der Waals surface area contributed by atoms with E-state index in [2.05, 4.69) is 39.6 Å². The number of nitrogens with zero attached hydrogens (tertiary/aromatic N) is 3. The highest BCUT2D eigenvalue weighted by atomic mass is 35.5. The van der Waals surface area contributed by atoms with E-state index in [-0.39, 0.29) is 5.95 Å². The molecule has 2 aromatic rings. The maximum Gasteiger partial charge on any atom is 0.225 e. The van der Waals surface area contributed by atoms with E-state index in [1.807, 2.05) is 0 Å². The zero-order chi connectivity index (χ0) is 14.9. The van der Waals surface area contributed by atoms with Crippen LogP contribution >= 0.6 is 23.2 Å². The molecule has 1 aromatic carbocycles. The fraction of sp³-hybridized carbons (Fsp3) is 0.250. The Morgan fingerprint density at radius 2 is 1.80 bits per heavy atom. The summed E-state index contributed by atoms with van der Waals surface area (Å²) >= 11 is 12.1. The normalized spacial score (nSPS) is 11.4. The van der Waals surface area contributed by atoms with Gasteiger partial charge in [0, 0.05) is 10.6 Å². The zero-order valence-electron chi connectivity index (χ0n) is 11.4. The van der Waals surface area contributed by atoms with Gasteiger partial charge in [0.1, 0.15) is 8.24 Å². The van der Waals surface area contributed by atoms with Crippen molar-refractivity contribution in [1.82, 2.24) is 15.0 Å². The molecule has 1 heterocycles. The van der Waals surface area contributed by atoms with Gasteiger partial charge in [0.15, 0.2) is 5.82 Å². The molecule has 0 radical (unpaired) electrons. The Hall–Kier alpha value is -1.37. The number of benzene rings is 1. The Morgan fingerprint density at radius 1 is 1.10 bits per heavy atom. The number of anilines is 2. The highest BCUT2D eigenvalue weighted by molar-refractivity contribution is 6.79. The van der Waals surface area contributed by atoms with Gasteiger partial charge >= 0.3 is 0 Å². The topological polar surface area (TPSA) is 76.7 Å². The third-order valence-electron chi connectivity index (χ3n) is 2.31. The Kier molecular flexibility index (Phi) is 4.17. The van der Waals surface area contributed by atoms with Gasteiger partial charge in [-0.3, -0.25) is 0 Å². The summed E-state index contributed by atoms with van der Waals surface area (Å²) in [6.07, 6.45) is 0. The number of nitrogen functional groups attached to an aromatic ring is 1. The van der Waals surface area contributed by atoms with Gasteiger partial charge in [0.25, 0.3) is 0 Å². The van der Waals surface area contributed by atoms with Crippen LogP contribution in [0.5, 0.6) is 0 Å². The first-order valence-corrected chi connectivity index (χ1v) is 10.3. The highest BCUT2D eigenvalue weighted by Crippen LogP contribution is 2.29. The van der Waals surface area contributed by atoms with E-state index >= 15 is 0 Å². The van der Waals surface area contributed by atoms with Gasteiger partial charge < -0.3 is 10.7 Å². The first-order chi connectivity index (χ1) is 9.24. The summed E-state index contributed by atoms with van der Waals surface area (Å²) in [6, 6.07) is 5.11. The van der Waals surface area contributed by atoms with Crippen LogP contribution in [0.3, 0.4) is 0 Å². The molecule has 0 atom stereocenters. The van der Waals surface area contributed by atoms with Crippen LogP contribution in [0.15, 0.2) is 18.2 Å². The van der Waals surface area contributed by atoms with Crippen LogP contribution in [0.1, 0.15) is 0 Å². The third kappa shape index (κ3) is 3.81. The van der Waals surface area contributed by atoms with Gasteiger partial charge in [0.2, 0.25) is 11.9 Å². The van der Waals surface area contributed by atoms with Crippen molar-refractivity contribution >= 4 is 43.3 Å². The van der Waals surface area contributed by atoms with E-state index < -0.39 is 8.24 Å². The summed E-state index contributed by atoms with van der Waals surface area (Å²) in [7, 11) is -1.59. The Morgan fingerprint density at radius 3 is 2.45 bits per heavy atom. The molecular weight excluding hydrogens is 313 g/mol. The van der Waals surface area contributed by atoms with Crippen LogP contribution < -0.4 is 10.7 Å². The Bertz CT molecular complexity index is 642. The molecule has 8 heteroatoms. The molecule has 0 bridgehead atoms. The second-order valence-corrected chi connectivity index (χ2v) is 10.9. The average Bonchev–Trinajstić information content (AvgIpc) is 2.29. The smallest absolute Gasteiger partial charge is 0.225 e. The molecule has 0 aliphatic rings. The van der Waals surface area contributed by atoms with Gasteiger partial charge in [-0.05, 0) is 18.2 Å². The van der Waals surface area contributed by atoms with Crippen molar-refractivity contribution < 1.29 is 0 Å². The molecule has 1 aromatic heterocycles. The zero-order valence-corrected chi connectivity index (χ0v) is 13.9. The van der Waals surface area contributed by atoms with Crippen molar-refractivity contribution in [3.8, 4) is 11.4 Å². The molecule has 0 spiro atoms. The predicted octanol–water partition coefficient (Wildman–Crippen LogP) is 3.67. The highest BCUT2D eigenvalue weighted by Gasteiger charge is 2.17. The minimum atomic E-state index is -1.59. The third-order valence-corrected chi connectivity index (χ3v) is 3.85. The molecule has 0 saturated carbocycles. The number of rotatable bonds is 3. The lowest BCUT2D eigenvalue weighted by Crippen LogP contribution is -2.33. The Balaban J connectivity index is 2.49. The number of hydrogen-bond acceptors (Lipinski definition) is 5. The molecule has 0 unspecified atom stereocenters. The second kappa shape index (κ2) is 5.55. The first kappa shape index (κ1) is 15.0. The molecule has 20 heavy (non-hydrogen) atoms. The number of halogens is 2. The van der Waals surface area contributed by atoms with Crippen molar-refractivity contribution in [2.75, 3.05) is 10.7 Å². The molecule has 2 rings (SSSR count). The van der Waals surface area contributed by atoms with Crippen molar-refractivity contribution in [1.29, 1.82) is 0 Å². The molecule has 106 valence electrons. The standard InChI is InChI=1S/C12H15Cl2N5Si/c1-20(2,3)19-12-17-10(16-11(15)18-12)8-6-7(13)4-5-9(8)14/h4-6H,1-3H3,(H3,15,16,17,18,19). The Labute approximate surface area is 128 Å². The number of nitrogens with one attached hydrogen (secondary N) is 1. The maximum atomic E-state index is 6.16. The summed E-state index contributed by atoms with van der Waals surface area (Å²) in [6.45, 7) is 6.41. The van der Waals surface area contributed by atoms with Gasteiger partial charge in [-0.1, -0.05) is 42.8 Å². The molecular formula is C12H15Cl2N5Si. The van der Waals surface area contributed by atoms with E-state index in [4.69, 9.17) is 28.9 Å². The predicted molar refractivity (Wildman–Crippen MR) is 86.7 cm³/mol. The summed E-state index contributed by atoms with van der Waals surface area (Å²) in [5.41, 5.74) is 6.37. The second-order valence-electron chi connectivity index (χ2n) is 5.34. The minimum absolute atomic E-state index is 0.145. The summed E-state index contributed by atoms with van der Waals surface area (Å²) in [5, 5.41) is 1.07. The largest absolute Gasteiger partial charge is 0.380 e. The summed E-state index contributed by atoms with van der Waals surface area (Å²) < 4.78 is 0. The van der Waals surface area contributed by atoms with Crippen molar-refractivity contribution in [2.24, 2.45) is 0 Å². The number of nitrogens with two attached hydrogens (primary N) is 1. The van der Waals surface area contributed by atoms with Gasteiger partial charge in [-0.15, -0.1) is 0 Å². The molecule has 0 saturated heterocycles. The molecule has 0 aliphatic carbocycles. The summed E-state index contributed by atoms with van der Waals surface area (Å²) in [4.78, 5) is 15.9. The van der Waals surface area contributed by atoms with Crippen LogP contribution in [-0.4, -0.2) is 23.2 Å². The van der Waals surface area contributed by atoms with Crippen LogP contribution in [-0.2, 0) is 0 Å². The van der Waals surface area contributed by atoms with Crippen LogP contribution in [0.4, 0.5) is 11.9 Å². The van der Waals surface area contributed by atoms with Gasteiger partial charge in [0.05, 0.1) is 5.02 Å². The lowest BCUT2D eigenvalue weighted by atomic mass is 10.2. The SMILES string of the molecule is C[Si](C)(C)Nc1nc(N)nc(-c2cc(Cl)ccc2Cl)n1. The van der Waals surface area contributed by atoms with Crippen LogP contribution in [0, 0.1) is 0 Å². The average molecular weight is 328 g/mol. The fourth-order valence-electron chi connectivity index (χ4n) is 1.57. The lowest BCUT2D eigenvalue weighted by molar-refractivity contribution is 1.08. The number of hydrogen-bond donors (Lipinski definition) is 2. The molecule has 0 amide bonds. The van der Waals surface area contributed by atoms with E-state index in [0.29, 0.717) is 27.4 Å². The van der Waals surface area contributed by atoms with Gasteiger partial charge in [-0.25, -0.2) is 0 Å². The van der Waals surface area contributed by atoms with Crippen molar-refractivity contribution in [2.45, 2.75) is 19.6 Å². The van der Waals surface area contributed by atoms with E-state index in [0.717, 1.165) is 0 Å². The maximum absolute atomic E-state index is 6.16. The van der Waals surface area contributed by atoms with E-state index in [1.165, 1.54) is 0 Å². The quantitative estimate of drug-likeness (QED) is 0.841. The lowest BCUT2D eigenvalue weighted by Gasteiger charge is -2.18. The fourth-order valence-corrected chi connectivity index (χ4v) is 2.73. The van der Waals surface area contributed by atoms with E-state index in [1.54, 1.807) is 18.2 Å². The monoisotopic (exact) mass is 327 g/mol. The van der Waals surface area contributed by atoms with Crippen molar-refractivity contribution in [3.05, 3.63) is 28.2 Å². The summed E-state index contributed by atoms with van der Waals surface area (Å²) in [5.74, 6) is 1.01. The minimum Gasteiger partial charge on any atom is -0.380 e. The van der Waals surface area contributed by atoms with Crippen LogP contribution in [0.2, 0.25) is 29.7 Å². The first-order valence-electron chi connectivity index (χ1n) is 6.00. The molecule has 0 fully saturated rings. The molecule has 3 N–H and O–H groups in total. The van der Waals surface area contributed by atoms with Gasteiger partial charge in [-0.2, -0.15) is 15.0 Å². The van der Waals surface area contributed by atoms with Crippen molar-refractivity contribution in [3.63, 3.8) is 0 Å². The van der Waals surface area contributed by atoms with Crippen LogP contribution in [0.25, 0.3) is 11.4 Å². The molecule has 5 nitrogen and oxygen atoms in total. The molecule has 0 aliphatic heterocycles.